The van der Waals surface area contributed by atoms with Gasteiger partial charge in [-0.15, -0.1) is 0 Å². The van der Waals surface area contributed by atoms with Crippen molar-refractivity contribution >= 4 is 11.6 Å². The van der Waals surface area contributed by atoms with Crippen molar-refractivity contribution in [3.63, 3.8) is 0 Å². The minimum absolute atomic E-state index is 0.259. The van der Waals surface area contributed by atoms with Gasteiger partial charge in [-0.05, 0) is 74.2 Å². The van der Waals surface area contributed by atoms with Gasteiger partial charge < -0.3 is 5.32 Å². The SMILES string of the molecule is Cc1ccc(C)c(CCc2ccc(C(=O)Nc3ccc(F)cc3)cn2)c1. The Bertz CT molecular complexity index is 902. The molecule has 3 nitrogen and oxygen atoms in total. The summed E-state index contributed by atoms with van der Waals surface area (Å²) in [5.41, 5.74) is 5.84. The number of amides is 1. The molecule has 0 unspecified atom stereocenters. The second kappa shape index (κ2) is 7.91. The summed E-state index contributed by atoms with van der Waals surface area (Å²) in [4.78, 5) is 16.6. The number of aromatic nitrogens is 1. The molecule has 0 aliphatic heterocycles. The molecule has 3 aromatic rings. The van der Waals surface area contributed by atoms with Gasteiger partial charge in [0, 0.05) is 17.6 Å². The third kappa shape index (κ3) is 4.54. The number of hydrogen-bond acceptors (Lipinski definition) is 2. The number of benzene rings is 2. The highest BCUT2D eigenvalue weighted by molar-refractivity contribution is 6.04. The Morgan fingerprint density at radius 1 is 1.00 bits per heavy atom. The fourth-order valence-electron chi connectivity index (χ4n) is 2.78. The predicted octanol–water partition coefficient (Wildman–Crippen LogP) is 4.88. The zero-order valence-corrected chi connectivity index (χ0v) is 14.9. The first-order chi connectivity index (χ1) is 12.5. The quantitative estimate of drug-likeness (QED) is 0.714. The smallest absolute Gasteiger partial charge is 0.257 e. The highest BCUT2D eigenvalue weighted by atomic mass is 19.1. The largest absolute Gasteiger partial charge is 0.322 e. The van der Waals surface area contributed by atoms with Crippen LogP contribution in [-0.2, 0) is 12.8 Å². The van der Waals surface area contributed by atoms with Crippen LogP contribution in [0, 0.1) is 19.7 Å². The molecule has 0 aliphatic carbocycles. The van der Waals surface area contributed by atoms with Gasteiger partial charge in [0.15, 0.2) is 0 Å². The molecule has 2 aromatic carbocycles. The number of halogens is 1. The van der Waals surface area contributed by atoms with E-state index >= 15 is 0 Å². The molecule has 3 rings (SSSR count). The second-order valence-corrected chi connectivity index (χ2v) is 6.43. The highest BCUT2D eigenvalue weighted by Crippen LogP contribution is 2.14. The Balaban J connectivity index is 1.61. The summed E-state index contributed by atoms with van der Waals surface area (Å²) < 4.78 is 12.9. The number of carbonyl (C=O) groups excluding carboxylic acids is 1. The molecule has 1 aromatic heterocycles. The maximum Gasteiger partial charge on any atom is 0.257 e. The van der Waals surface area contributed by atoms with Gasteiger partial charge in [-0.1, -0.05) is 23.8 Å². The Hall–Kier alpha value is -3.01. The van der Waals surface area contributed by atoms with Gasteiger partial charge >= 0.3 is 0 Å². The predicted molar refractivity (Wildman–Crippen MR) is 102 cm³/mol. The monoisotopic (exact) mass is 348 g/mol. The van der Waals surface area contributed by atoms with Crippen molar-refractivity contribution in [2.24, 2.45) is 0 Å². The Kier molecular flexibility index (Phi) is 5.42. The summed E-state index contributed by atoms with van der Waals surface area (Å²) in [7, 11) is 0. The second-order valence-electron chi connectivity index (χ2n) is 6.43. The molecule has 0 bridgehead atoms. The van der Waals surface area contributed by atoms with Crippen LogP contribution < -0.4 is 5.32 Å². The Morgan fingerprint density at radius 2 is 1.77 bits per heavy atom. The van der Waals surface area contributed by atoms with Gasteiger partial charge in [0.1, 0.15) is 5.82 Å². The first kappa shape index (κ1) is 17.8. The molecular weight excluding hydrogens is 327 g/mol. The highest BCUT2D eigenvalue weighted by Gasteiger charge is 2.08. The fourth-order valence-corrected chi connectivity index (χ4v) is 2.78. The van der Waals surface area contributed by atoms with Crippen LogP contribution in [-0.4, -0.2) is 10.9 Å². The lowest BCUT2D eigenvalue weighted by Crippen LogP contribution is -2.12. The van der Waals surface area contributed by atoms with E-state index in [1.54, 1.807) is 12.3 Å². The van der Waals surface area contributed by atoms with Gasteiger partial charge in [-0.3, -0.25) is 9.78 Å². The molecule has 26 heavy (non-hydrogen) atoms. The molecule has 1 amide bonds. The topological polar surface area (TPSA) is 42.0 Å². The van der Waals surface area contributed by atoms with Gasteiger partial charge in [0.05, 0.1) is 5.56 Å². The molecule has 1 heterocycles. The average molecular weight is 348 g/mol. The van der Waals surface area contributed by atoms with E-state index in [1.165, 1.54) is 41.0 Å². The van der Waals surface area contributed by atoms with Crippen LogP contribution in [0.2, 0.25) is 0 Å². The lowest BCUT2D eigenvalue weighted by Gasteiger charge is -2.08. The first-order valence-electron chi connectivity index (χ1n) is 8.59. The number of carbonyl (C=O) groups is 1. The van der Waals surface area contributed by atoms with Gasteiger partial charge in [0.2, 0.25) is 0 Å². The number of aryl methyl sites for hydroxylation is 4. The molecule has 0 atom stereocenters. The third-order valence-corrected chi connectivity index (χ3v) is 4.34. The average Bonchev–Trinajstić information content (AvgIpc) is 2.65. The number of hydrogen-bond donors (Lipinski definition) is 1. The third-order valence-electron chi connectivity index (χ3n) is 4.34. The molecule has 0 fully saturated rings. The van der Waals surface area contributed by atoms with Crippen LogP contribution in [0.1, 0.15) is 32.7 Å². The van der Waals surface area contributed by atoms with Crippen LogP contribution in [0.4, 0.5) is 10.1 Å². The molecular formula is C22H21FN2O. The lowest BCUT2D eigenvalue weighted by atomic mass is 10.0. The summed E-state index contributed by atoms with van der Waals surface area (Å²) in [5.74, 6) is -0.594. The van der Waals surface area contributed by atoms with Crippen molar-refractivity contribution in [1.82, 2.24) is 4.98 Å². The van der Waals surface area contributed by atoms with E-state index in [2.05, 4.69) is 42.3 Å². The summed E-state index contributed by atoms with van der Waals surface area (Å²) in [6.45, 7) is 4.21. The standard InChI is InChI=1S/C22H21FN2O/c1-15-3-4-16(2)17(13-15)5-9-20-10-6-18(14-24-20)22(26)25-21-11-7-19(23)8-12-21/h3-4,6-8,10-14H,5,9H2,1-2H3,(H,25,26). The number of anilines is 1. The minimum Gasteiger partial charge on any atom is -0.322 e. The number of pyridine rings is 1. The number of nitrogens with zero attached hydrogens (tertiary/aromatic N) is 1. The van der Waals surface area contributed by atoms with E-state index in [0.29, 0.717) is 11.3 Å². The minimum atomic E-state index is -0.335. The van der Waals surface area contributed by atoms with Crippen molar-refractivity contribution in [2.45, 2.75) is 26.7 Å². The summed E-state index contributed by atoms with van der Waals surface area (Å²) >= 11 is 0. The van der Waals surface area contributed by atoms with E-state index in [9.17, 15) is 9.18 Å². The zero-order chi connectivity index (χ0) is 18.5. The van der Waals surface area contributed by atoms with E-state index in [4.69, 9.17) is 0 Å². The molecule has 1 N–H and O–H groups in total. The van der Waals surface area contributed by atoms with Crippen molar-refractivity contribution in [2.75, 3.05) is 5.32 Å². The van der Waals surface area contributed by atoms with Crippen molar-refractivity contribution in [3.8, 4) is 0 Å². The van der Waals surface area contributed by atoms with Crippen molar-refractivity contribution < 1.29 is 9.18 Å². The first-order valence-corrected chi connectivity index (χ1v) is 8.59. The summed E-state index contributed by atoms with van der Waals surface area (Å²) in [6.07, 6.45) is 3.32. The molecule has 0 aliphatic rings. The van der Waals surface area contributed by atoms with Gasteiger partial charge in [-0.25, -0.2) is 4.39 Å². The molecule has 0 radical (unpaired) electrons. The van der Waals surface area contributed by atoms with E-state index in [1.807, 2.05) is 6.07 Å². The molecule has 4 heteroatoms. The van der Waals surface area contributed by atoms with E-state index < -0.39 is 0 Å². The van der Waals surface area contributed by atoms with Crippen molar-refractivity contribution in [1.29, 1.82) is 0 Å². The van der Waals surface area contributed by atoms with Crippen LogP contribution in [0.15, 0.2) is 60.8 Å². The van der Waals surface area contributed by atoms with Crippen LogP contribution in [0.5, 0.6) is 0 Å². The maximum absolute atomic E-state index is 12.9. The van der Waals surface area contributed by atoms with E-state index in [0.717, 1.165) is 18.5 Å². The summed E-state index contributed by atoms with van der Waals surface area (Å²) in [6, 6.07) is 15.8. The van der Waals surface area contributed by atoms with Crippen LogP contribution in [0.25, 0.3) is 0 Å². The maximum atomic E-state index is 12.9. The molecule has 0 spiro atoms. The van der Waals surface area contributed by atoms with Gasteiger partial charge in [0.25, 0.3) is 5.91 Å². The molecule has 0 saturated carbocycles. The van der Waals surface area contributed by atoms with E-state index in [-0.39, 0.29) is 11.7 Å². The van der Waals surface area contributed by atoms with Crippen LogP contribution >= 0.6 is 0 Å². The number of nitrogens with one attached hydrogen (secondary N) is 1. The van der Waals surface area contributed by atoms with Gasteiger partial charge in [-0.2, -0.15) is 0 Å². The number of rotatable bonds is 5. The molecule has 132 valence electrons. The Morgan fingerprint density at radius 3 is 2.46 bits per heavy atom. The zero-order valence-electron chi connectivity index (χ0n) is 14.9. The molecule has 0 saturated heterocycles. The fraction of sp³-hybridized carbons (Fsp3) is 0.182. The van der Waals surface area contributed by atoms with Crippen molar-refractivity contribution in [3.05, 3.63) is 94.6 Å². The normalized spacial score (nSPS) is 10.6. The summed E-state index contributed by atoms with van der Waals surface area (Å²) in [5, 5.41) is 2.73. The lowest BCUT2D eigenvalue weighted by molar-refractivity contribution is 0.102. The Labute approximate surface area is 152 Å². The van der Waals surface area contributed by atoms with Crippen LogP contribution in [0.3, 0.4) is 0 Å².